The van der Waals surface area contributed by atoms with Crippen molar-refractivity contribution in [1.82, 2.24) is 16.0 Å². The van der Waals surface area contributed by atoms with Gasteiger partial charge in [0.1, 0.15) is 116 Å². The van der Waals surface area contributed by atoms with Gasteiger partial charge < -0.3 is 149 Å². The fraction of sp³-hybridized carbons (Fsp3) is 0.864. The molecule has 6 saturated heterocycles. The largest absolute Gasteiger partial charge is 0.479 e. The fourth-order valence-electron chi connectivity index (χ4n) is 10.1. The normalized spacial score (nSPS) is 46.2. The summed E-state index contributed by atoms with van der Waals surface area (Å²) in [5.41, 5.74) is 0. The lowest BCUT2D eigenvalue weighted by atomic mass is 9.90. The third-order valence-corrected chi connectivity index (χ3v) is 14.1. The Morgan fingerprint density at radius 1 is 0.375 bits per heavy atom. The second-order valence-electron chi connectivity index (χ2n) is 19.7. The predicted octanol–water partition coefficient (Wildman–Crippen LogP) is -11.5. The van der Waals surface area contributed by atoms with Crippen molar-refractivity contribution in [2.75, 3.05) is 26.9 Å². The van der Waals surface area contributed by atoms with Crippen LogP contribution >= 0.6 is 0 Å². The summed E-state index contributed by atoms with van der Waals surface area (Å²) in [5, 5.41) is 169. The number of carboxylic acid groups (broad SMARTS) is 3. The Morgan fingerprint density at radius 2 is 0.650 bits per heavy atom. The summed E-state index contributed by atoms with van der Waals surface area (Å²) in [6.07, 6.45) is -53.0. The smallest absolute Gasteiger partial charge is 0.335 e. The summed E-state index contributed by atoms with van der Waals surface area (Å²) in [4.78, 5) is 74.3. The number of methoxy groups -OCH3 is 1. The number of nitrogens with one attached hydrogen (secondary N) is 3. The van der Waals surface area contributed by atoms with Crippen molar-refractivity contribution in [2.24, 2.45) is 5.92 Å². The Hall–Kier alpha value is -4.14. The van der Waals surface area contributed by atoms with Crippen LogP contribution in [0.5, 0.6) is 0 Å². The van der Waals surface area contributed by atoms with Crippen LogP contribution in [0.25, 0.3) is 0 Å². The van der Waals surface area contributed by atoms with Crippen molar-refractivity contribution in [2.45, 2.75) is 206 Å². The third kappa shape index (κ3) is 13.9. The highest BCUT2D eigenvalue weighted by Gasteiger charge is 2.60. The molecule has 6 aliphatic rings. The molecule has 6 heterocycles. The van der Waals surface area contributed by atoms with Gasteiger partial charge in [0.25, 0.3) is 0 Å². The molecule has 6 rings (SSSR count). The topological polar surface area (TPSA) is 553 Å². The number of hydrogen-bond donors (Lipinski definition) is 18. The first-order valence-corrected chi connectivity index (χ1v) is 24.8. The van der Waals surface area contributed by atoms with Crippen molar-refractivity contribution in [1.29, 1.82) is 0 Å². The molecule has 0 saturated carbocycles. The molecule has 0 aliphatic carbocycles. The van der Waals surface area contributed by atoms with E-state index in [2.05, 4.69) is 16.0 Å². The minimum Gasteiger partial charge on any atom is -0.479 e. The van der Waals surface area contributed by atoms with Crippen LogP contribution < -0.4 is 16.0 Å². The summed E-state index contributed by atoms with van der Waals surface area (Å²) < 4.78 is 67.2. The van der Waals surface area contributed by atoms with Crippen molar-refractivity contribution in [3.8, 4) is 0 Å². The van der Waals surface area contributed by atoms with Crippen LogP contribution in [-0.2, 0) is 85.6 Å². The lowest BCUT2D eigenvalue weighted by Crippen LogP contribution is -2.71. The molecule has 0 aromatic rings. The zero-order valence-corrected chi connectivity index (χ0v) is 43.0. The average molecular weight is 1170 g/mol. The zero-order valence-electron chi connectivity index (χ0n) is 43.0. The number of rotatable bonds is 20. The number of carboxylic acids is 3. The van der Waals surface area contributed by atoms with E-state index >= 15 is 0 Å². The van der Waals surface area contributed by atoms with Crippen LogP contribution in [0.1, 0.15) is 27.7 Å². The van der Waals surface area contributed by atoms with E-state index in [9.17, 15) is 105 Å². The Bertz CT molecular complexity index is 2140. The molecule has 80 heavy (non-hydrogen) atoms. The molecule has 6 fully saturated rings. The van der Waals surface area contributed by atoms with E-state index in [4.69, 9.17) is 56.8 Å². The Morgan fingerprint density at radius 3 is 0.938 bits per heavy atom. The second kappa shape index (κ2) is 27.5. The highest BCUT2D eigenvalue weighted by atomic mass is 16.8. The van der Waals surface area contributed by atoms with E-state index in [0.717, 1.165) is 27.9 Å². The maximum Gasteiger partial charge on any atom is 0.335 e. The number of aliphatic carboxylic acids is 3. The summed E-state index contributed by atoms with van der Waals surface area (Å²) in [5.74, 6) is -9.08. The molecule has 30 atom stereocenters. The molecule has 3 amide bonds. The van der Waals surface area contributed by atoms with Crippen LogP contribution in [0, 0.1) is 5.92 Å². The maximum atomic E-state index is 12.8. The van der Waals surface area contributed by atoms with E-state index in [1.165, 1.54) is 6.92 Å². The molecule has 458 valence electrons. The van der Waals surface area contributed by atoms with Crippen LogP contribution in [0.2, 0.25) is 0 Å². The van der Waals surface area contributed by atoms with Gasteiger partial charge in [0.15, 0.2) is 56.1 Å². The molecule has 30 unspecified atom stereocenters. The van der Waals surface area contributed by atoms with E-state index in [0.29, 0.717) is 0 Å². The van der Waals surface area contributed by atoms with Crippen LogP contribution in [0.15, 0.2) is 0 Å². The van der Waals surface area contributed by atoms with Crippen molar-refractivity contribution in [3.05, 3.63) is 0 Å². The van der Waals surface area contributed by atoms with Gasteiger partial charge >= 0.3 is 17.9 Å². The second-order valence-corrected chi connectivity index (χ2v) is 19.7. The Balaban J connectivity index is 1.18. The molecule has 36 heteroatoms. The van der Waals surface area contributed by atoms with E-state index in [1.54, 1.807) is 0 Å². The summed E-state index contributed by atoms with van der Waals surface area (Å²) in [6, 6.07) is -5.14. The summed E-state index contributed by atoms with van der Waals surface area (Å²) in [6.45, 7) is 1.12. The number of amides is 3. The minimum absolute atomic E-state index is 0.666. The number of carbonyl (C=O) groups excluding carboxylic acids is 3. The molecule has 0 aromatic carbocycles. The molecule has 18 N–H and O–H groups in total. The van der Waals surface area contributed by atoms with Gasteiger partial charge in [-0.2, -0.15) is 0 Å². The number of aliphatic hydroxyl groups is 12. The Labute approximate surface area is 451 Å². The molecular formula is C44H69N3O33. The van der Waals surface area contributed by atoms with Gasteiger partial charge in [0.05, 0.1) is 25.9 Å². The monoisotopic (exact) mass is 1170 g/mol. The first-order valence-electron chi connectivity index (χ1n) is 24.8. The highest BCUT2D eigenvalue weighted by molar-refractivity contribution is 5.75. The molecule has 0 aromatic heterocycles. The summed E-state index contributed by atoms with van der Waals surface area (Å²) in [7, 11) is 1.16. The molecule has 0 radical (unpaired) electrons. The quantitative estimate of drug-likeness (QED) is 0.0538. The van der Waals surface area contributed by atoms with E-state index in [1.807, 2.05) is 0 Å². The van der Waals surface area contributed by atoms with Gasteiger partial charge in [-0.25, -0.2) is 14.4 Å². The highest BCUT2D eigenvalue weighted by Crippen LogP contribution is 2.37. The minimum atomic E-state index is -2.43. The predicted molar refractivity (Wildman–Crippen MR) is 244 cm³/mol. The van der Waals surface area contributed by atoms with E-state index in [-0.39, 0.29) is 0 Å². The zero-order chi connectivity index (χ0) is 59.5. The van der Waals surface area contributed by atoms with Crippen molar-refractivity contribution < 1.29 is 162 Å². The van der Waals surface area contributed by atoms with Gasteiger partial charge in [0.2, 0.25) is 17.7 Å². The van der Waals surface area contributed by atoms with Gasteiger partial charge in [-0.1, -0.05) is 6.92 Å². The lowest BCUT2D eigenvalue weighted by Gasteiger charge is -2.50. The maximum absolute atomic E-state index is 12.8. The lowest BCUT2D eigenvalue weighted by molar-refractivity contribution is -0.378. The van der Waals surface area contributed by atoms with E-state index < -0.39 is 239 Å². The first kappa shape index (κ1) is 65.0. The van der Waals surface area contributed by atoms with Crippen molar-refractivity contribution in [3.63, 3.8) is 0 Å². The van der Waals surface area contributed by atoms with Gasteiger partial charge in [-0.15, -0.1) is 0 Å². The van der Waals surface area contributed by atoms with Crippen LogP contribution in [0.4, 0.5) is 0 Å². The molecule has 0 spiro atoms. The number of carbonyl (C=O) groups is 6. The van der Waals surface area contributed by atoms with Crippen LogP contribution in [-0.4, -0.2) is 317 Å². The van der Waals surface area contributed by atoms with Gasteiger partial charge in [-0.05, 0) is 0 Å². The standard InChI is InChI=1S/C44H69N3O33/c1-9-19(54)25(60)42(73-28(9)36(63)64)74-30-14(7-49)71-40(17(21(30)56)46-11(3)52)77-33-24(59)27(62)44(80-35(33)38(67)68)76-31-15(8-50)72-41(18(22(31)57)47-12(4)53)78-32-23(58)26(61)43(79-34(32)37(65)66)75-29-13(6-48)70-39(69-5)16(20(29)55)45-10(2)51/h9,13-35,39-44,48-50,54-62H,6-8H2,1-5H3,(H,45,51)(H,46,52)(H,47,53)(H,63,64)(H,65,66)(H,67,68). The first-order chi connectivity index (χ1) is 37.6. The fourth-order valence-corrected chi connectivity index (χ4v) is 10.1. The number of hydrogen-bond acceptors (Lipinski definition) is 30. The molecule has 36 nitrogen and oxygen atoms in total. The molecule has 0 bridgehead atoms. The number of ether oxygens (including phenoxy) is 12. The third-order valence-electron chi connectivity index (χ3n) is 14.1. The van der Waals surface area contributed by atoms with Gasteiger partial charge in [0, 0.05) is 33.8 Å². The Kier molecular flexibility index (Phi) is 22.4. The number of aliphatic hydroxyl groups excluding tert-OH is 12. The molecule has 6 aliphatic heterocycles. The SMILES string of the molecule is COC1OC(CO)C(OC2OC(C(=O)O)C(OC3OC(CO)C(OC4OC(C(=O)O)C(OC5OC(CO)C(OC6OC(C(=O)O)C(C)C(O)C6O)C(O)C5NC(C)=O)C(O)C4O)C(O)C3NC(C)=O)C(O)C2O)C(O)C1NC(C)=O. The summed E-state index contributed by atoms with van der Waals surface area (Å²) >= 11 is 0. The molecular weight excluding hydrogens is 1100 g/mol. The van der Waals surface area contributed by atoms with Crippen molar-refractivity contribution >= 4 is 35.6 Å². The van der Waals surface area contributed by atoms with Gasteiger partial charge in [-0.3, -0.25) is 14.4 Å². The average Bonchev–Trinajstić information content (AvgIpc) is 3.40. The van der Waals surface area contributed by atoms with Crippen LogP contribution in [0.3, 0.4) is 0 Å².